The number of likely N-dealkylation sites (N-methyl/N-ethyl adjacent to an activating group) is 1. The number of anilines is 1. The third-order valence-corrected chi connectivity index (χ3v) is 7.56. The van der Waals surface area contributed by atoms with E-state index in [4.69, 9.17) is 14.7 Å². The first-order valence-electron chi connectivity index (χ1n) is 12.4. The summed E-state index contributed by atoms with van der Waals surface area (Å²) in [6, 6.07) is 19.7. The van der Waals surface area contributed by atoms with Crippen LogP contribution in [0.15, 0.2) is 54.6 Å². The zero-order valence-corrected chi connectivity index (χ0v) is 21.3. The zero-order valence-electron chi connectivity index (χ0n) is 20.4. The number of benzene rings is 2. The zero-order chi connectivity index (χ0) is 24.0. The lowest BCUT2D eigenvalue weighted by atomic mass is 10.1. The molecule has 0 amide bonds. The number of hydrogen-bond acceptors (Lipinski definition) is 7. The normalized spacial score (nSPS) is 14.5. The molecule has 4 aromatic rings. The molecule has 1 saturated heterocycles. The van der Waals surface area contributed by atoms with Gasteiger partial charge < -0.3 is 20.7 Å². The third-order valence-electron chi connectivity index (χ3n) is 6.43. The van der Waals surface area contributed by atoms with Gasteiger partial charge in [-0.15, -0.1) is 11.3 Å². The van der Waals surface area contributed by atoms with Crippen LogP contribution in [0.3, 0.4) is 0 Å². The van der Waals surface area contributed by atoms with Gasteiger partial charge in [-0.2, -0.15) is 0 Å². The fraction of sp³-hybridized carbons (Fsp3) is 0.357. The highest BCUT2D eigenvalue weighted by molar-refractivity contribution is 7.22. The molecule has 0 spiro atoms. The second-order valence-electron chi connectivity index (χ2n) is 9.03. The van der Waals surface area contributed by atoms with Crippen molar-refractivity contribution in [3.05, 3.63) is 65.7 Å². The van der Waals surface area contributed by atoms with Gasteiger partial charge in [-0.05, 0) is 56.0 Å². The summed E-state index contributed by atoms with van der Waals surface area (Å²) in [5, 5.41) is 11.6. The summed E-state index contributed by atoms with van der Waals surface area (Å²) in [6.45, 7) is 6.41. The molecule has 0 unspecified atom stereocenters. The van der Waals surface area contributed by atoms with Crippen LogP contribution in [0.25, 0.3) is 32.0 Å². The summed E-state index contributed by atoms with van der Waals surface area (Å²) < 4.78 is 6.84. The van der Waals surface area contributed by atoms with Crippen LogP contribution in [0.2, 0.25) is 0 Å². The fourth-order valence-corrected chi connectivity index (χ4v) is 5.54. The quantitative estimate of drug-likeness (QED) is 0.281. The number of nitrogens with zero attached hydrogens (tertiary/aromatic N) is 2. The summed E-state index contributed by atoms with van der Waals surface area (Å²) >= 11 is 1.79. The van der Waals surface area contributed by atoms with Crippen LogP contribution in [0, 0.1) is 6.92 Å². The first-order chi connectivity index (χ1) is 17.2. The molecule has 2 aromatic carbocycles. The smallest absolute Gasteiger partial charge is 0.162 e. The average molecular weight is 488 g/mol. The van der Waals surface area contributed by atoms with Gasteiger partial charge in [0, 0.05) is 54.7 Å². The van der Waals surface area contributed by atoms with Crippen molar-refractivity contribution in [2.75, 3.05) is 38.7 Å². The molecule has 1 aliphatic heterocycles. The lowest BCUT2D eigenvalue weighted by molar-refractivity contribution is 0.0904. The second-order valence-corrected chi connectivity index (χ2v) is 10.1. The lowest BCUT2D eigenvalue weighted by Crippen LogP contribution is -2.28. The molecule has 1 fully saturated rings. The highest BCUT2D eigenvalue weighted by Crippen LogP contribution is 2.37. The molecule has 7 heteroatoms. The Bertz CT molecular complexity index is 1250. The van der Waals surface area contributed by atoms with Crippen LogP contribution >= 0.6 is 11.3 Å². The van der Waals surface area contributed by atoms with E-state index in [1.54, 1.807) is 11.3 Å². The molecule has 0 atom stereocenters. The Morgan fingerprint density at radius 2 is 1.86 bits per heavy atom. The van der Waals surface area contributed by atoms with Crippen molar-refractivity contribution in [1.29, 1.82) is 0 Å². The summed E-state index contributed by atoms with van der Waals surface area (Å²) in [5.74, 6) is 1.68. The maximum atomic E-state index is 5.57. The lowest BCUT2D eigenvalue weighted by Gasteiger charge is -2.25. The van der Waals surface area contributed by atoms with Crippen LogP contribution in [-0.2, 0) is 11.3 Å². The van der Waals surface area contributed by atoms with Gasteiger partial charge in [-0.3, -0.25) is 0 Å². The Morgan fingerprint density at radius 1 is 1.00 bits per heavy atom. The summed E-state index contributed by atoms with van der Waals surface area (Å²) in [4.78, 5) is 11.3. The van der Waals surface area contributed by atoms with Crippen molar-refractivity contribution >= 4 is 27.2 Å². The topological polar surface area (TPSA) is 71.1 Å². The minimum absolute atomic E-state index is 0.364. The molecule has 6 nitrogen and oxygen atoms in total. The first kappa shape index (κ1) is 23.9. The van der Waals surface area contributed by atoms with Crippen LogP contribution in [0.4, 0.5) is 5.82 Å². The van der Waals surface area contributed by atoms with Crippen molar-refractivity contribution in [2.45, 2.75) is 32.4 Å². The van der Waals surface area contributed by atoms with E-state index in [1.807, 2.05) is 7.05 Å². The molecule has 5 rings (SSSR count). The SMILES string of the molecule is CNCCNCc1cccc(-c2nc(NC3CCOCC3)c(C)c(-c3cc4ccccc4s3)n2)c1. The molecule has 1 aliphatic rings. The molecule has 0 radical (unpaired) electrons. The van der Waals surface area contributed by atoms with Gasteiger partial charge >= 0.3 is 0 Å². The number of aromatic nitrogens is 2. The molecular formula is C28H33N5OS. The Kier molecular flexibility index (Phi) is 7.69. The maximum Gasteiger partial charge on any atom is 0.162 e. The second kappa shape index (κ2) is 11.3. The molecule has 3 heterocycles. The number of fused-ring (bicyclic) bond motifs is 1. The largest absolute Gasteiger partial charge is 0.381 e. The standard InChI is InChI=1S/C28H33N5OS/c1-19-26(25-17-21-7-3-4-9-24(21)35-25)32-28(33-27(19)31-23-10-14-34-15-11-23)22-8-5-6-20(16-22)18-30-13-12-29-2/h3-9,16-17,23,29-30H,10-15,18H2,1-2H3,(H,31,32,33). The van der Waals surface area contributed by atoms with Gasteiger partial charge in [-0.1, -0.05) is 36.4 Å². The van der Waals surface area contributed by atoms with Crippen molar-refractivity contribution in [3.8, 4) is 22.0 Å². The predicted molar refractivity (Wildman–Crippen MR) is 146 cm³/mol. The van der Waals surface area contributed by atoms with Gasteiger partial charge in [0.05, 0.1) is 10.6 Å². The monoisotopic (exact) mass is 487 g/mol. The van der Waals surface area contributed by atoms with E-state index in [9.17, 15) is 0 Å². The van der Waals surface area contributed by atoms with Crippen molar-refractivity contribution in [1.82, 2.24) is 20.6 Å². The average Bonchev–Trinajstić information content (AvgIpc) is 3.33. The highest BCUT2D eigenvalue weighted by Gasteiger charge is 2.20. The third kappa shape index (κ3) is 5.70. The van der Waals surface area contributed by atoms with Crippen molar-refractivity contribution in [2.24, 2.45) is 0 Å². The van der Waals surface area contributed by atoms with E-state index in [0.29, 0.717) is 6.04 Å². The van der Waals surface area contributed by atoms with Crippen LogP contribution in [-0.4, -0.2) is 49.4 Å². The number of ether oxygens (including phenoxy) is 1. The summed E-state index contributed by atoms with van der Waals surface area (Å²) in [6.07, 6.45) is 1.98. The fourth-order valence-electron chi connectivity index (χ4n) is 4.43. The molecule has 182 valence electrons. The van der Waals surface area contributed by atoms with E-state index in [1.165, 1.54) is 20.5 Å². The van der Waals surface area contributed by atoms with E-state index in [2.05, 4.69) is 77.5 Å². The molecule has 35 heavy (non-hydrogen) atoms. The minimum Gasteiger partial charge on any atom is -0.381 e. The summed E-state index contributed by atoms with van der Waals surface area (Å²) in [7, 11) is 1.97. The molecule has 0 aliphatic carbocycles. The Balaban J connectivity index is 1.52. The summed E-state index contributed by atoms with van der Waals surface area (Å²) in [5.41, 5.74) is 4.36. The van der Waals surface area contributed by atoms with Crippen molar-refractivity contribution in [3.63, 3.8) is 0 Å². The van der Waals surface area contributed by atoms with E-state index in [0.717, 1.165) is 74.2 Å². The van der Waals surface area contributed by atoms with Crippen LogP contribution in [0.5, 0.6) is 0 Å². The molecule has 0 saturated carbocycles. The van der Waals surface area contributed by atoms with Gasteiger partial charge in [0.1, 0.15) is 5.82 Å². The number of nitrogens with one attached hydrogen (secondary N) is 3. The molecular weight excluding hydrogens is 454 g/mol. The molecule has 2 aromatic heterocycles. The molecule has 3 N–H and O–H groups in total. The Morgan fingerprint density at radius 3 is 2.69 bits per heavy atom. The number of hydrogen-bond donors (Lipinski definition) is 3. The van der Waals surface area contributed by atoms with Gasteiger partial charge in [0.15, 0.2) is 5.82 Å². The van der Waals surface area contributed by atoms with Crippen LogP contribution < -0.4 is 16.0 Å². The van der Waals surface area contributed by atoms with Gasteiger partial charge in [0.25, 0.3) is 0 Å². The first-order valence-corrected chi connectivity index (χ1v) is 13.2. The highest BCUT2D eigenvalue weighted by atomic mass is 32.1. The van der Waals surface area contributed by atoms with Crippen LogP contribution in [0.1, 0.15) is 24.0 Å². The number of rotatable bonds is 9. The number of thiophene rings is 1. The van der Waals surface area contributed by atoms with E-state index in [-0.39, 0.29) is 0 Å². The molecule has 0 bridgehead atoms. The maximum absolute atomic E-state index is 5.57. The minimum atomic E-state index is 0.364. The van der Waals surface area contributed by atoms with Gasteiger partial charge in [0.2, 0.25) is 0 Å². The van der Waals surface area contributed by atoms with E-state index < -0.39 is 0 Å². The van der Waals surface area contributed by atoms with Crippen molar-refractivity contribution < 1.29 is 4.74 Å². The Labute approximate surface area is 211 Å². The van der Waals surface area contributed by atoms with Gasteiger partial charge in [-0.25, -0.2) is 9.97 Å². The van der Waals surface area contributed by atoms with E-state index >= 15 is 0 Å². The Hall–Kier alpha value is -2.84. The predicted octanol–water partition coefficient (Wildman–Crippen LogP) is 5.23.